The average Bonchev–Trinajstić information content (AvgIpc) is 3.39. The summed E-state index contributed by atoms with van der Waals surface area (Å²) in [6, 6.07) is 11.2. The highest BCUT2D eigenvalue weighted by Gasteiger charge is 2.38. The highest BCUT2D eigenvalue weighted by Crippen LogP contribution is 2.35. The van der Waals surface area contributed by atoms with Gasteiger partial charge in [0.2, 0.25) is 5.91 Å². The van der Waals surface area contributed by atoms with Crippen LogP contribution in [0.4, 0.5) is 0 Å². The van der Waals surface area contributed by atoms with Crippen LogP contribution < -0.4 is 0 Å². The van der Waals surface area contributed by atoms with Gasteiger partial charge in [0.25, 0.3) is 0 Å². The molecule has 130 valence electrons. The molecule has 0 aromatic heterocycles. The van der Waals surface area contributed by atoms with Gasteiger partial charge in [-0.25, -0.2) is 0 Å². The number of nitrogens with zero attached hydrogens (tertiary/aromatic N) is 1. The summed E-state index contributed by atoms with van der Waals surface area (Å²) in [7, 11) is 0. The van der Waals surface area contributed by atoms with Crippen LogP contribution in [0.15, 0.2) is 30.3 Å². The van der Waals surface area contributed by atoms with E-state index >= 15 is 0 Å². The minimum absolute atomic E-state index is 0.338. The van der Waals surface area contributed by atoms with Crippen molar-refractivity contribution in [2.45, 2.75) is 69.4 Å². The van der Waals surface area contributed by atoms with Gasteiger partial charge in [0.05, 0.1) is 18.8 Å². The van der Waals surface area contributed by atoms with E-state index in [1.54, 1.807) is 0 Å². The van der Waals surface area contributed by atoms with Crippen LogP contribution in [0.25, 0.3) is 0 Å². The molecule has 0 unspecified atom stereocenters. The van der Waals surface area contributed by atoms with E-state index in [4.69, 9.17) is 4.74 Å². The zero-order chi connectivity index (χ0) is 16.4. The smallest absolute Gasteiger partial charge is 0.226 e. The lowest BCUT2D eigenvalue weighted by atomic mass is 9.83. The Balaban J connectivity index is 1.23. The first-order valence-electron chi connectivity index (χ1n) is 9.78. The van der Waals surface area contributed by atoms with Crippen molar-refractivity contribution in [2.75, 3.05) is 13.2 Å². The van der Waals surface area contributed by atoms with Crippen LogP contribution in [-0.2, 0) is 9.53 Å². The predicted octanol–water partition coefficient (Wildman–Crippen LogP) is 4.13. The van der Waals surface area contributed by atoms with Crippen LogP contribution in [0.1, 0.15) is 62.8 Å². The van der Waals surface area contributed by atoms with Crippen molar-refractivity contribution in [3.8, 4) is 0 Å². The third kappa shape index (κ3) is 3.66. The zero-order valence-electron chi connectivity index (χ0n) is 14.5. The standard InChI is InChI=1S/C21H29NO2/c23-21(18-8-9-18)22-14-4-7-19(22)15-24-20-12-10-17(11-13-20)16-5-2-1-3-6-16/h1-3,5-6,17-20H,4,7-15H2/t17?,19-,20?/m1/s1. The van der Waals surface area contributed by atoms with Gasteiger partial charge in [0, 0.05) is 12.5 Å². The van der Waals surface area contributed by atoms with E-state index in [9.17, 15) is 4.79 Å². The molecule has 1 amide bonds. The molecule has 1 aliphatic heterocycles. The maximum Gasteiger partial charge on any atom is 0.226 e. The highest BCUT2D eigenvalue weighted by molar-refractivity contribution is 5.81. The lowest BCUT2D eigenvalue weighted by Crippen LogP contribution is -2.40. The molecule has 1 atom stereocenters. The molecule has 0 bridgehead atoms. The fraction of sp³-hybridized carbons (Fsp3) is 0.667. The predicted molar refractivity (Wildman–Crippen MR) is 94.9 cm³/mol. The number of ether oxygens (including phenoxy) is 1. The van der Waals surface area contributed by atoms with Crippen LogP contribution in [0.3, 0.4) is 0 Å². The molecule has 3 heteroatoms. The minimum Gasteiger partial charge on any atom is -0.376 e. The highest BCUT2D eigenvalue weighted by atomic mass is 16.5. The van der Waals surface area contributed by atoms with E-state index in [0.717, 1.165) is 51.7 Å². The van der Waals surface area contributed by atoms with Crippen molar-refractivity contribution in [1.29, 1.82) is 0 Å². The molecular formula is C21H29NO2. The molecule has 1 aromatic rings. The lowest BCUT2D eigenvalue weighted by molar-refractivity contribution is -0.135. The molecule has 0 N–H and O–H groups in total. The molecule has 2 aliphatic carbocycles. The second-order valence-electron chi connectivity index (χ2n) is 7.82. The molecule has 0 radical (unpaired) electrons. The summed E-state index contributed by atoms with van der Waals surface area (Å²) in [6.45, 7) is 1.70. The van der Waals surface area contributed by atoms with E-state index in [1.807, 2.05) is 0 Å². The second-order valence-corrected chi connectivity index (χ2v) is 7.82. The van der Waals surface area contributed by atoms with Gasteiger partial charge in [0.1, 0.15) is 0 Å². The van der Waals surface area contributed by atoms with Gasteiger partial charge in [-0.05, 0) is 62.8 Å². The molecule has 24 heavy (non-hydrogen) atoms. The summed E-state index contributed by atoms with van der Waals surface area (Å²) in [5.74, 6) is 1.44. The Labute approximate surface area is 145 Å². The zero-order valence-corrected chi connectivity index (χ0v) is 14.5. The van der Waals surface area contributed by atoms with Crippen molar-refractivity contribution in [3.05, 3.63) is 35.9 Å². The lowest BCUT2D eigenvalue weighted by Gasteiger charge is -2.31. The average molecular weight is 327 g/mol. The number of hydrogen-bond acceptors (Lipinski definition) is 2. The van der Waals surface area contributed by atoms with Crippen LogP contribution in [0, 0.1) is 5.92 Å². The molecule has 2 saturated carbocycles. The van der Waals surface area contributed by atoms with Crippen LogP contribution >= 0.6 is 0 Å². The molecule has 0 spiro atoms. The Kier molecular flexibility index (Phi) is 4.88. The Morgan fingerprint density at radius 3 is 2.46 bits per heavy atom. The Hall–Kier alpha value is -1.35. The number of rotatable bonds is 5. The summed E-state index contributed by atoms with van der Waals surface area (Å²) in [4.78, 5) is 14.5. The normalized spacial score (nSPS) is 30.5. The summed E-state index contributed by atoms with van der Waals surface area (Å²) in [6.07, 6.45) is 9.63. The van der Waals surface area contributed by atoms with Gasteiger partial charge < -0.3 is 9.64 Å². The first kappa shape index (κ1) is 16.1. The molecule has 3 aliphatic rings. The van der Waals surface area contributed by atoms with Crippen molar-refractivity contribution in [2.24, 2.45) is 5.92 Å². The summed E-state index contributed by atoms with van der Waals surface area (Å²) < 4.78 is 6.24. The Morgan fingerprint density at radius 2 is 1.75 bits per heavy atom. The maximum absolute atomic E-state index is 12.3. The van der Waals surface area contributed by atoms with E-state index < -0.39 is 0 Å². The molecule has 3 fully saturated rings. The Bertz CT molecular complexity index is 546. The third-order valence-corrected chi connectivity index (χ3v) is 6.06. The molecule has 1 saturated heterocycles. The number of benzene rings is 1. The van der Waals surface area contributed by atoms with Gasteiger partial charge >= 0.3 is 0 Å². The van der Waals surface area contributed by atoms with Crippen molar-refractivity contribution in [1.82, 2.24) is 4.90 Å². The Morgan fingerprint density at radius 1 is 1.00 bits per heavy atom. The summed E-state index contributed by atoms with van der Waals surface area (Å²) >= 11 is 0. The number of amides is 1. The molecular weight excluding hydrogens is 298 g/mol. The van der Waals surface area contributed by atoms with Gasteiger partial charge in [-0.2, -0.15) is 0 Å². The van der Waals surface area contributed by atoms with Crippen molar-refractivity contribution >= 4 is 5.91 Å². The quantitative estimate of drug-likeness (QED) is 0.814. The van der Waals surface area contributed by atoms with Gasteiger partial charge in [0.15, 0.2) is 0 Å². The van der Waals surface area contributed by atoms with E-state index in [2.05, 4.69) is 35.2 Å². The first-order chi connectivity index (χ1) is 11.8. The number of likely N-dealkylation sites (tertiary alicyclic amines) is 1. The van der Waals surface area contributed by atoms with Gasteiger partial charge in [-0.3, -0.25) is 4.79 Å². The van der Waals surface area contributed by atoms with Crippen LogP contribution in [-0.4, -0.2) is 36.1 Å². The fourth-order valence-electron chi connectivity index (χ4n) is 4.40. The second kappa shape index (κ2) is 7.26. The molecule has 1 aromatic carbocycles. The van der Waals surface area contributed by atoms with E-state index in [1.165, 1.54) is 18.4 Å². The fourth-order valence-corrected chi connectivity index (χ4v) is 4.40. The van der Waals surface area contributed by atoms with Gasteiger partial charge in [-0.15, -0.1) is 0 Å². The van der Waals surface area contributed by atoms with E-state index in [-0.39, 0.29) is 0 Å². The first-order valence-corrected chi connectivity index (χ1v) is 9.78. The minimum atomic E-state index is 0.338. The topological polar surface area (TPSA) is 29.5 Å². The van der Waals surface area contributed by atoms with Crippen molar-refractivity contribution < 1.29 is 9.53 Å². The summed E-state index contributed by atoms with van der Waals surface area (Å²) in [5.41, 5.74) is 1.48. The largest absolute Gasteiger partial charge is 0.376 e. The summed E-state index contributed by atoms with van der Waals surface area (Å²) in [5, 5.41) is 0. The number of hydrogen-bond donors (Lipinski definition) is 0. The molecule has 4 rings (SSSR count). The van der Waals surface area contributed by atoms with Gasteiger partial charge in [-0.1, -0.05) is 30.3 Å². The monoisotopic (exact) mass is 327 g/mol. The third-order valence-electron chi connectivity index (χ3n) is 6.06. The SMILES string of the molecule is O=C(C1CC1)N1CCC[C@@H]1COC1CCC(c2ccccc2)CC1. The van der Waals surface area contributed by atoms with Crippen LogP contribution in [0.2, 0.25) is 0 Å². The molecule has 3 nitrogen and oxygen atoms in total. The number of carbonyl (C=O) groups excluding carboxylic acids is 1. The van der Waals surface area contributed by atoms with Crippen molar-refractivity contribution in [3.63, 3.8) is 0 Å². The van der Waals surface area contributed by atoms with E-state index in [0.29, 0.717) is 29.9 Å². The molecule has 1 heterocycles. The van der Waals surface area contributed by atoms with Crippen LogP contribution in [0.5, 0.6) is 0 Å². The maximum atomic E-state index is 12.3. The number of carbonyl (C=O) groups is 1.